The predicted molar refractivity (Wildman–Crippen MR) is 127 cm³/mol. The molecule has 0 saturated carbocycles. The third-order valence-corrected chi connectivity index (χ3v) is 6.22. The van der Waals surface area contributed by atoms with Crippen LogP contribution in [0.15, 0.2) is 48.7 Å². The van der Waals surface area contributed by atoms with Gasteiger partial charge in [0.1, 0.15) is 24.2 Å². The summed E-state index contributed by atoms with van der Waals surface area (Å²) < 4.78 is 12.0. The molecule has 1 aliphatic heterocycles. The number of nitrogens with one attached hydrogen (secondary N) is 1. The normalized spacial score (nSPS) is 16.9. The van der Waals surface area contributed by atoms with Crippen molar-refractivity contribution < 1.29 is 14.6 Å². The van der Waals surface area contributed by atoms with Gasteiger partial charge < -0.3 is 19.5 Å². The lowest BCUT2D eigenvalue weighted by atomic mass is 9.86. The van der Waals surface area contributed by atoms with Crippen LogP contribution in [0.2, 0.25) is 0 Å². The highest BCUT2D eigenvalue weighted by molar-refractivity contribution is 5.85. The monoisotopic (exact) mass is 437 g/mol. The average molecular weight is 438 g/mol. The number of nitrogens with zero attached hydrogens (tertiary/aromatic N) is 2. The molecular weight excluding hydrogens is 402 g/mol. The fourth-order valence-electron chi connectivity index (χ4n) is 4.17. The van der Waals surface area contributed by atoms with Crippen LogP contribution in [0, 0.1) is 5.92 Å². The van der Waals surface area contributed by atoms with Crippen LogP contribution in [0.25, 0.3) is 10.9 Å². The van der Waals surface area contributed by atoms with Gasteiger partial charge in [0.15, 0.2) is 0 Å². The third-order valence-electron chi connectivity index (χ3n) is 6.22. The molecule has 1 aromatic heterocycles. The Hall–Kier alpha value is -2.57. The van der Waals surface area contributed by atoms with Crippen LogP contribution in [-0.2, 0) is 5.41 Å². The van der Waals surface area contributed by atoms with E-state index in [9.17, 15) is 5.11 Å². The predicted octanol–water partition coefficient (Wildman–Crippen LogP) is 4.39. The number of fused-ring (bicyclic) bond motifs is 1. The van der Waals surface area contributed by atoms with E-state index in [1.165, 1.54) is 5.56 Å². The van der Waals surface area contributed by atoms with Gasteiger partial charge in [0.25, 0.3) is 0 Å². The molecule has 2 N–H and O–H groups in total. The molecule has 32 heavy (non-hydrogen) atoms. The lowest BCUT2D eigenvalue weighted by Gasteiger charge is -2.33. The third kappa shape index (κ3) is 5.81. The van der Waals surface area contributed by atoms with E-state index in [1.807, 2.05) is 30.3 Å². The molecule has 1 atom stereocenters. The largest absolute Gasteiger partial charge is 0.493 e. The van der Waals surface area contributed by atoms with E-state index in [1.54, 1.807) is 6.20 Å². The van der Waals surface area contributed by atoms with Gasteiger partial charge in [0, 0.05) is 6.54 Å². The Morgan fingerprint density at radius 2 is 1.88 bits per heavy atom. The summed E-state index contributed by atoms with van der Waals surface area (Å²) in [6.07, 6.45) is 3.42. The number of rotatable bonds is 8. The van der Waals surface area contributed by atoms with Crippen LogP contribution >= 0.6 is 0 Å². The van der Waals surface area contributed by atoms with E-state index in [-0.39, 0.29) is 12.0 Å². The molecule has 0 radical (unpaired) electrons. The maximum Gasteiger partial charge on any atom is 0.130 e. The van der Waals surface area contributed by atoms with E-state index >= 15 is 0 Å². The number of benzene rings is 2. The number of likely N-dealkylation sites (tertiary alicyclic amines) is 1. The van der Waals surface area contributed by atoms with Crippen molar-refractivity contribution in [2.75, 3.05) is 32.8 Å². The van der Waals surface area contributed by atoms with Crippen LogP contribution in [0.1, 0.15) is 39.2 Å². The zero-order chi connectivity index (χ0) is 22.6. The van der Waals surface area contributed by atoms with Crippen LogP contribution in [0.4, 0.5) is 0 Å². The molecule has 172 valence electrons. The second-order valence-electron chi connectivity index (χ2n) is 9.89. The van der Waals surface area contributed by atoms with Gasteiger partial charge in [-0.25, -0.2) is 0 Å². The second kappa shape index (κ2) is 9.92. The smallest absolute Gasteiger partial charge is 0.130 e. The van der Waals surface area contributed by atoms with Gasteiger partial charge in [-0.1, -0.05) is 39.0 Å². The van der Waals surface area contributed by atoms with Crippen molar-refractivity contribution in [2.45, 2.75) is 45.1 Å². The summed E-state index contributed by atoms with van der Waals surface area (Å²) in [6.45, 7) is 10.1. The summed E-state index contributed by atoms with van der Waals surface area (Å²) in [7, 11) is 0. The molecule has 1 unspecified atom stereocenters. The van der Waals surface area contributed by atoms with Gasteiger partial charge in [-0.2, -0.15) is 5.10 Å². The molecule has 4 rings (SSSR count). The van der Waals surface area contributed by atoms with Crippen LogP contribution < -0.4 is 9.47 Å². The lowest BCUT2D eigenvalue weighted by molar-refractivity contribution is 0.0507. The van der Waals surface area contributed by atoms with E-state index in [0.29, 0.717) is 12.5 Å². The Labute approximate surface area is 190 Å². The molecule has 1 fully saturated rings. The van der Waals surface area contributed by atoms with Gasteiger partial charge in [-0.15, -0.1) is 0 Å². The first kappa shape index (κ1) is 22.6. The molecule has 6 nitrogen and oxygen atoms in total. The highest BCUT2D eigenvalue weighted by Crippen LogP contribution is 2.32. The van der Waals surface area contributed by atoms with Crippen LogP contribution in [-0.4, -0.2) is 59.2 Å². The Kier molecular flexibility index (Phi) is 7.01. The first-order valence-electron chi connectivity index (χ1n) is 11.6. The highest BCUT2D eigenvalue weighted by Gasteiger charge is 2.22. The van der Waals surface area contributed by atoms with Gasteiger partial charge in [-0.3, -0.25) is 5.10 Å². The molecule has 0 aliphatic carbocycles. The summed E-state index contributed by atoms with van der Waals surface area (Å²) in [5.74, 6) is 2.27. The first-order chi connectivity index (χ1) is 15.4. The molecule has 6 heteroatoms. The Bertz CT molecular complexity index is 988. The number of aliphatic hydroxyl groups excluding tert-OH is 1. The quantitative estimate of drug-likeness (QED) is 0.547. The summed E-state index contributed by atoms with van der Waals surface area (Å²) >= 11 is 0. The van der Waals surface area contributed by atoms with Crippen molar-refractivity contribution >= 4 is 10.9 Å². The van der Waals surface area contributed by atoms with Crippen molar-refractivity contribution in [3.05, 3.63) is 54.2 Å². The summed E-state index contributed by atoms with van der Waals surface area (Å²) in [6, 6.07) is 14.2. The maximum atomic E-state index is 10.6. The van der Waals surface area contributed by atoms with Crippen molar-refractivity contribution in [2.24, 2.45) is 5.92 Å². The molecule has 0 spiro atoms. The summed E-state index contributed by atoms with van der Waals surface area (Å²) in [5, 5.41) is 18.8. The van der Waals surface area contributed by atoms with Crippen LogP contribution in [0.3, 0.4) is 0 Å². The topological polar surface area (TPSA) is 70.6 Å². The number of H-pyrrole nitrogens is 1. The van der Waals surface area contributed by atoms with E-state index in [4.69, 9.17) is 9.47 Å². The summed E-state index contributed by atoms with van der Waals surface area (Å²) in [4.78, 5) is 2.33. The van der Waals surface area contributed by atoms with Crippen molar-refractivity contribution in [3.8, 4) is 11.5 Å². The van der Waals surface area contributed by atoms with E-state index in [2.05, 4.69) is 48.0 Å². The Balaban J connectivity index is 1.24. The number of aromatic amines is 1. The number of β-amino-alcohol motifs (C(OH)–C–C–N with tert-alkyl or cyclic N) is 1. The number of ether oxygens (including phenoxy) is 2. The standard InChI is InChI=1S/C26H35N3O3/c1-26(2,3)20-13-24-23(15-27-28-24)25(14-20)32-18-21(30)16-29-11-9-19(10-12-29)17-31-22-7-5-4-6-8-22/h4-8,13-15,19,21,30H,9-12,16-18H2,1-3H3,(H,27,28). The Morgan fingerprint density at radius 3 is 2.59 bits per heavy atom. The lowest BCUT2D eigenvalue weighted by Crippen LogP contribution is -2.41. The van der Waals surface area contributed by atoms with Crippen molar-refractivity contribution in [3.63, 3.8) is 0 Å². The van der Waals surface area contributed by atoms with Crippen LogP contribution in [0.5, 0.6) is 11.5 Å². The van der Waals surface area contributed by atoms with E-state index in [0.717, 1.165) is 54.9 Å². The number of hydrogen-bond donors (Lipinski definition) is 2. The molecule has 1 saturated heterocycles. The fraction of sp³-hybridized carbons (Fsp3) is 0.500. The van der Waals surface area contributed by atoms with E-state index < -0.39 is 6.10 Å². The molecule has 2 heterocycles. The minimum atomic E-state index is -0.535. The minimum absolute atomic E-state index is 0.00456. The molecule has 3 aromatic rings. The average Bonchev–Trinajstić information content (AvgIpc) is 3.26. The van der Waals surface area contributed by atoms with Gasteiger partial charge in [0.05, 0.1) is 23.7 Å². The number of piperidine rings is 1. The molecule has 0 amide bonds. The number of para-hydroxylation sites is 1. The molecule has 0 bridgehead atoms. The number of aliphatic hydroxyl groups is 1. The zero-order valence-electron chi connectivity index (χ0n) is 19.4. The van der Waals surface area contributed by atoms with Crippen molar-refractivity contribution in [1.29, 1.82) is 0 Å². The van der Waals surface area contributed by atoms with Gasteiger partial charge in [0.2, 0.25) is 0 Å². The van der Waals surface area contributed by atoms with Gasteiger partial charge in [-0.05, 0) is 67.1 Å². The molecule has 2 aromatic carbocycles. The summed E-state index contributed by atoms with van der Waals surface area (Å²) in [5.41, 5.74) is 2.14. The Morgan fingerprint density at radius 1 is 1.12 bits per heavy atom. The number of hydrogen-bond acceptors (Lipinski definition) is 5. The van der Waals surface area contributed by atoms with Crippen molar-refractivity contribution in [1.82, 2.24) is 15.1 Å². The highest BCUT2D eigenvalue weighted by atomic mass is 16.5. The van der Waals surface area contributed by atoms with Gasteiger partial charge >= 0.3 is 0 Å². The zero-order valence-corrected chi connectivity index (χ0v) is 19.4. The molecular formula is C26H35N3O3. The minimum Gasteiger partial charge on any atom is -0.493 e. The first-order valence-corrected chi connectivity index (χ1v) is 11.6. The number of aromatic nitrogens is 2. The fourth-order valence-corrected chi connectivity index (χ4v) is 4.17. The molecule has 1 aliphatic rings. The second-order valence-corrected chi connectivity index (χ2v) is 9.89. The SMILES string of the molecule is CC(C)(C)c1cc(OCC(O)CN2CCC(COc3ccccc3)CC2)c2cn[nH]c2c1. The maximum absolute atomic E-state index is 10.6.